The summed E-state index contributed by atoms with van der Waals surface area (Å²) in [7, 11) is 1.66. The normalized spacial score (nSPS) is 13.9. The summed E-state index contributed by atoms with van der Waals surface area (Å²) in [5.41, 5.74) is 0.645. The van der Waals surface area contributed by atoms with Gasteiger partial charge in [0.25, 0.3) is 5.91 Å². The Labute approximate surface area is 179 Å². The lowest BCUT2D eigenvalue weighted by atomic mass is 10.2. The van der Waals surface area contributed by atoms with Gasteiger partial charge >= 0.3 is 12.1 Å². The van der Waals surface area contributed by atoms with Crippen molar-refractivity contribution in [2.45, 2.75) is 6.11 Å². The van der Waals surface area contributed by atoms with Gasteiger partial charge < -0.3 is 25.5 Å². The van der Waals surface area contributed by atoms with Crippen LogP contribution in [-0.4, -0.2) is 62.5 Å². The van der Waals surface area contributed by atoms with Crippen molar-refractivity contribution in [1.29, 1.82) is 0 Å². The van der Waals surface area contributed by atoms with Crippen molar-refractivity contribution < 1.29 is 27.9 Å². The predicted molar refractivity (Wildman–Crippen MR) is 107 cm³/mol. The number of anilines is 3. The number of halogens is 2. The molecule has 4 N–H and O–H groups in total. The first-order valence-corrected chi connectivity index (χ1v) is 9.36. The van der Waals surface area contributed by atoms with E-state index in [1.54, 1.807) is 13.2 Å². The molecule has 1 fully saturated rings. The number of aliphatic hydroxyl groups is 1. The van der Waals surface area contributed by atoms with Gasteiger partial charge in [0.05, 0.1) is 6.20 Å². The summed E-state index contributed by atoms with van der Waals surface area (Å²) in [6.07, 6.45) is 0.128. The van der Waals surface area contributed by atoms with E-state index in [4.69, 9.17) is 9.52 Å². The highest BCUT2D eigenvalue weighted by Crippen LogP contribution is 2.26. The molecule has 0 bridgehead atoms. The number of aryl methyl sites for hydroxylation is 1. The summed E-state index contributed by atoms with van der Waals surface area (Å²) in [5.74, 6) is -0.183. The average molecular weight is 448 g/mol. The van der Waals surface area contributed by atoms with Crippen LogP contribution in [0.4, 0.5) is 30.9 Å². The summed E-state index contributed by atoms with van der Waals surface area (Å²) in [5, 5.41) is 20.4. The second-order valence-electron chi connectivity index (χ2n) is 6.86. The van der Waals surface area contributed by atoms with Crippen molar-refractivity contribution in [1.82, 2.24) is 25.1 Å². The predicted octanol–water partition coefficient (Wildman–Crippen LogP) is 1.25. The van der Waals surface area contributed by atoms with Gasteiger partial charge in [-0.05, 0) is 12.1 Å². The zero-order chi connectivity index (χ0) is 22.9. The van der Waals surface area contributed by atoms with Crippen molar-refractivity contribution in [3.8, 4) is 11.5 Å². The van der Waals surface area contributed by atoms with Crippen molar-refractivity contribution in [3.05, 3.63) is 36.5 Å². The van der Waals surface area contributed by atoms with E-state index in [0.717, 1.165) is 6.26 Å². The van der Waals surface area contributed by atoms with Crippen LogP contribution in [0.5, 0.6) is 0 Å². The smallest absolute Gasteiger partial charge is 0.370 e. The van der Waals surface area contributed by atoms with Crippen LogP contribution >= 0.6 is 0 Å². The van der Waals surface area contributed by atoms with Crippen LogP contribution in [0.2, 0.25) is 0 Å². The van der Waals surface area contributed by atoms with Crippen LogP contribution < -0.4 is 20.9 Å². The van der Waals surface area contributed by atoms with E-state index in [-0.39, 0.29) is 23.4 Å². The minimum absolute atomic E-state index is 0.0473. The molecular formula is C18H18F2N8O4. The quantitative estimate of drug-likeness (QED) is 0.422. The zero-order valence-electron chi connectivity index (χ0n) is 16.7. The van der Waals surface area contributed by atoms with E-state index in [1.165, 1.54) is 27.9 Å². The van der Waals surface area contributed by atoms with Crippen LogP contribution in [0.3, 0.4) is 0 Å². The molecule has 32 heavy (non-hydrogen) atoms. The molecule has 0 aromatic carbocycles. The standard InChI is InChI=1S/C18H18F2N8O4/c1-27-7-11(14(26-27)28-5-4-22-17(28)30)24-15(29)12-8-32-16(25-12)10-2-3-21-13(6-10)23-9-18(19,20)31/h2-3,6-8,31H,4-5,9H2,1H3,(H,21,23)(H,22,30)(H,24,29). The van der Waals surface area contributed by atoms with E-state index in [9.17, 15) is 18.4 Å². The van der Waals surface area contributed by atoms with E-state index in [2.05, 4.69) is 31.0 Å². The molecule has 1 aliphatic rings. The van der Waals surface area contributed by atoms with Crippen LogP contribution in [0, 0.1) is 0 Å². The summed E-state index contributed by atoms with van der Waals surface area (Å²) in [6, 6.07) is 2.58. The number of nitrogens with zero attached hydrogens (tertiary/aromatic N) is 5. The number of aromatic nitrogens is 4. The molecule has 3 aromatic rings. The number of pyridine rings is 1. The van der Waals surface area contributed by atoms with Crippen LogP contribution in [0.1, 0.15) is 10.5 Å². The Hall–Kier alpha value is -4.07. The number of urea groups is 1. The van der Waals surface area contributed by atoms with E-state index in [0.29, 0.717) is 30.2 Å². The highest BCUT2D eigenvalue weighted by atomic mass is 19.3. The maximum atomic E-state index is 12.7. The Bertz CT molecular complexity index is 1160. The summed E-state index contributed by atoms with van der Waals surface area (Å²) in [4.78, 5) is 34.0. The third kappa shape index (κ3) is 4.64. The van der Waals surface area contributed by atoms with Crippen molar-refractivity contribution in [2.24, 2.45) is 7.05 Å². The number of nitrogens with one attached hydrogen (secondary N) is 3. The van der Waals surface area contributed by atoms with Gasteiger partial charge in [-0.15, -0.1) is 0 Å². The Morgan fingerprint density at radius 1 is 1.44 bits per heavy atom. The minimum Gasteiger partial charge on any atom is -0.444 e. The number of carbonyl (C=O) groups is 2. The second kappa shape index (κ2) is 8.22. The molecule has 0 unspecified atom stereocenters. The molecule has 1 saturated heterocycles. The molecular weight excluding hydrogens is 430 g/mol. The fourth-order valence-corrected chi connectivity index (χ4v) is 2.99. The summed E-state index contributed by atoms with van der Waals surface area (Å²) in [6.45, 7) is -0.146. The lowest BCUT2D eigenvalue weighted by molar-refractivity contribution is -0.185. The Morgan fingerprint density at radius 3 is 2.97 bits per heavy atom. The Balaban J connectivity index is 1.49. The van der Waals surface area contributed by atoms with E-state index in [1.807, 2.05) is 0 Å². The first-order valence-electron chi connectivity index (χ1n) is 9.36. The van der Waals surface area contributed by atoms with Crippen molar-refractivity contribution in [3.63, 3.8) is 0 Å². The largest absolute Gasteiger partial charge is 0.444 e. The molecule has 1 aliphatic heterocycles. The summed E-state index contributed by atoms with van der Waals surface area (Å²) >= 11 is 0. The van der Waals surface area contributed by atoms with Gasteiger partial charge in [0.1, 0.15) is 24.3 Å². The third-order valence-electron chi connectivity index (χ3n) is 4.40. The Kier molecular flexibility index (Phi) is 5.44. The highest BCUT2D eigenvalue weighted by Gasteiger charge is 2.28. The number of hydrogen-bond donors (Lipinski definition) is 4. The van der Waals surface area contributed by atoms with Gasteiger partial charge in [0.2, 0.25) is 5.89 Å². The number of alkyl halides is 2. The molecule has 12 nitrogen and oxygen atoms in total. The van der Waals surface area contributed by atoms with Gasteiger partial charge in [-0.1, -0.05) is 0 Å². The number of hydrogen-bond acceptors (Lipinski definition) is 8. The van der Waals surface area contributed by atoms with Gasteiger partial charge in [0, 0.05) is 31.9 Å². The van der Waals surface area contributed by atoms with Crippen molar-refractivity contribution >= 4 is 29.3 Å². The maximum absolute atomic E-state index is 12.7. The molecule has 3 amide bonds. The zero-order valence-corrected chi connectivity index (χ0v) is 16.7. The lowest BCUT2D eigenvalue weighted by Crippen LogP contribution is -2.29. The SMILES string of the molecule is Cn1cc(NC(=O)c2coc(-c3ccnc(NCC(O)(F)F)c3)n2)c(N2CCNC2=O)n1. The van der Waals surface area contributed by atoms with Crippen LogP contribution in [-0.2, 0) is 7.05 Å². The van der Waals surface area contributed by atoms with Gasteiger partial charge in [-0.2, -0.15) is 13.9 Å². The molecule has 0 saturated carbocycles. The highest BCUT2D eigenvalue weighted by molar-refractivity contribution is 6.06. The molecule has 4 rings (SSSR count). The topological polar surface area (TPSA) is 150 Å². The molecule has 4 heterocycles. The average Bonchev–Trinajstić information content (AvgIpc) is 3.46. The van der Waals surface area contributed by atoms with Crippen molar-refractivity contribution in [2.75, 3.05) is 35.2 Å². The second-order valence-corrected chi connectivity index (χ2v) is 6.86. The first-order chi connectivity index (χ1) is 15.2. The molecule has 0 atom stereocenters. The van der Waals surface area contributed by atoms with E-state index < -0.39 is 18.6 Å². The number of amides is 3. The lowest BCUT2D eigenvalue weighted by Gasteiger charge is -2.12. The van der Waals surface area contributed by atoms with Gasteiger partial charge in [-0.3, -0.25) is 14.4 Å². The molecule has 14 heteroatoms. The van der Waals surface area contributed by atoms with Gasteiger partial charge in [-0.25, -0.2) is 14.8 Å². The first kappa shape index (κ1) is 21.2. The number of oxazole rings is 1. The molecule has 0 aliphatic carbocycles. The number of rotatable bonds is 7. The van der Waals surface area contributed by atoms with Crippen LogP contribution in [0.25, 0.3) is 11.5 Å². The van der Waals surface area contributed by atoms with Crippen LogP contribution in [0.15, 0.2) is 35.2 Å². The fourth-order valence-electron chi connectivity index (χ4n) is 2.99. The molecule has 0 spiro atoms. The summed E-state index contributed by atoms with van der Waals surface area (Å²) < 4.78 is 32.0. The van der Waals surface area contributed by atoms with Gasteiger partial charge in [0.15, 0.2) is 11.5 Å². The van der Waals surface area contributed by atoms with E-state index >= 15 is 0 Å². The number of carbonyl (C=O) groups excluding carboxylic acids is 2. The molecule has 168 valence electrons. The molecule has 3 aromatic heterocycles. The maximum Gasteiger partial charge on any atom is 0.370 e. The molecule has 0 radical (unpaired) electrons. The minimum atomic E-state index is -3.90. The third-order valence-corrected chi connectivity index (χ3v) is 4.40. The monoisotopic (exact) mass is 448 g/mol. The Morgan fingerprint density at radius 2 is 2.25 bits per heavy atom. The fraction of sp³-hybridized carbons (Fsp3) is 0.278.